The molecule has 0 fully saturated rings. The summed E-state index contributed by atoms with van der Waals surface area (Å²) in [6, 6.07) is 13.3. The molecule has 104 valence electrons. The van der Waals surface area contributed by atoms with Crippen LogP contribution in [0, 0.1) is 0 Å². The average Bonchev–Trinajstić information content (AvgIpc) is 2.49. The third-order valence-corrected chi connectivity index (χ3v) is 4.06. The van der Waals surface area contributed by atoms with Crippen molar-refractivity contribution in [1.82, 2.24) is 4.98 Å². The fourth-order valence-electron chi connectivity index (χ4n) is 1.97. The van der Waals surface area contributed by atoms with Crippen molar-refractivity contribution in [3.05, 3.63) is 63.2 Å². The molecule has 2 aromatic carbocycles. The normalized spacial score (nSPS) is 11.3. The quantitative estimate of drug-likeness (QED) is 0.594. The molecule has 0 bridgehead atoms. The minimum Gasteiger partial charge on any atom is -0.506 e. The van der Waals surface area contributed by atoms with Gasteiger partial charge in [0.05, 0.1) is 15.7 Å². The van der Waals surface area contributed by atoms with Crippen molar-refractivity contribution in [2.45, 2.75) is 0 Å². The molecule has 0 aliphatic rings. The fourth-order valence-corrected chi connectivity index (χ4v) is 3.23. The molecule has 0 spiro atoms. The van der Waals surface area contributed by atoms with Gasteiger partial charge in [-0.1, -0.05) is 22.0 Å². The van der Waals surface area contributed by atoms with E-state index >= 15 is 0 Å². The van der Waals surface area contributed by atoms with Crippen LogP contribution < -0.4 is 0 Å². The molecule has 0 unspecified atom stereocenters. The van der Waals surface area contributed by atoms with Gasteiger partial charge in [0, 0.05) is 27.8 Å². The maximum atomic E-state index is 10.0. The standard InChI is InChI=1S/C16H10Br2N2O/c17-12-6-11(16(21)14(18)8-12)9-20-13-3-4-15-10(7-13)2-1-5-19-15/h1-9,21H. The van der Waals surface area contributed by atoms with E-state index in [1.54, 1.807) is 18.5 Å². The summed E-state index contributed by atoms with van der Waals surface area (Å²) in [5.74, 6) is 0.171. The Morgan fingerprint density at radius 1 is 1.10 bits per heavy atom. The molecule has 3 aromatic rings. The predicted octanol–water partition coefficient (Wildman–Crippen LogP) is 5.22. The van der Waals surface area contributed by atoms with Gasteiger partial charge in [-0.25, -0.2) is 0 Å². The SMILES string of the molecule is Oc1c(Br)cc(Br)cc1C=Nc1ccc2ncccc2c1. The van der Waals surface area contributed by atoms with E-state index in [1.165, 1.54) is 0 Å². The van der Waals surface area contributed by atoms with Crippen LogP contribution in [0.2, 0.25) is 0 Å². The summed E-state index contributed by atoms with van der Waals surface area (Å²) in [5, 5.41) is 11.0. The lowest BCUT2D eigenvalue weighted by Crippen LogP contribution is -1.84. The molecule has 3 rings (SSSR count). The number of aliphatic imine (C=N–C) groups is 1. The van der Waals surface area contributed by atoms with Gasteiger partial charge in [-0.15, -0.1) is 0 Å². The molecule has 0 radical (unpaired) electrons. The number of fused-ring (bicyclic) bond motifs is 1. The van der Waals surface area contributed by atoms with E-state index < -0.39 is 0 Å². The number of phenolic OH excluding ortho intramolecular Hbond substituents is 1. The van der Waals surface area contributed by atoms with Crippen LogP contribution in [0.4, 0.5) is 5.69 Å². The number of hydrogen-bond acceptors (Lipinski definition) is 3. The lowest BCUT2D eigenvalue weighted by atomic mass is 10.2. The van der Waals surface area contributed by atoms with Crippen LogP contribution in [0.25, 0.3) is 10.9 Å². The molecule has 0 atom stereocenters. The third kappa shape index (κ3) is 3.14. The monoisotopic (exact) mass is 404 g/mol. The minimum absolute atomic E-state index is 0.171. The number of benzene rings is 2. The second kappa shape index (κ2) is 5.95. The second-order valence-electron chi connectivity index (χ2n) is 4.46. The Labute approximate surface area is 138 Å². The average molecular weight is 406 g/mol. The van der Waals surface area contributed by atoms with E-state index in [4.69, 9.17) is 0 Å². The van der Waals surface area contributed by atoms with Crippen molar-refractivity contribution >= 4 is 54.7 Å². The van der Waals surface area contributed by atoms with Crippen molar-refractivity contribution in [1.29, 1.82) is 0 Å². The third-order valence-electron chi connectivity index (χ3n) is 3.00. The van der Waals surface area contributed by atoms with Crippen LogP contribution in [0.15, 0.2) is 62.6 Å². The zero-order valence-electron chi connectivity index (χ0n) is 10.8. The first kappa shape index (κ1) is 14.2. The molecule has 5 heteroatoms. The van der Waals surface area contributed by atoms with Gasteiger partial charge in [0.25, 0.3) is 0 Å². The number of rotatable bonds is 2. The van der Waals surface area contributed by atoms with Crippen molar-refractivity contribution in [2.24, 2.45) is 4.99 Å². The number of pyridine rings is 1. The Bertz CT molecular complexity index is 847. The summed E-state index contributed by atoms with van der Waals surface area (Å²) in [7, 11) is 0. The maximum absolute atomic E-state index is 10.0. The van der Waals surface area contributed by atoms with Crippen molar-refractivity contribution in [2.75, 3.05) is 0 Å². The van der Waals surface area contributed by atoms with Gasteiger partial charge in [0.15, 0.2) is 0 Å². The molecule has 1 N–H and O–H groups in total. The Morgan fingerprint density at radius 3 is 2.81 bits per heavy atom. The predicted molar refractivity (Wildman–Crippen MR) is 92.5 cm³/mol. The highest BCUT2D eigenvalue weighted by molar-refractivity contribution is 9.11. The van der Waals surface area contributed by atoms with Gasteiger partial charge in [0.1, 0.15) is 5.75 Å². The summed E-state index contributed by atoms with van der Waals surface area (Å²) < 4.78 is 1.50. The van der Waals surface area contributed by atoms with Crippen molar-refractivity contribution in [3.63, 3.8) is 0 Å². The van der Waals surface area contributed by atoms with Gasteiger partial charge >= 0.3 is 0 Å². The van der Waals surface area contributed by atoms with Crippen LogP contribution in [0.5, 0.6) is 5.75 Å². The molecule has 3 nitrogen and oxygen atoms in total. The lowest BCUT2D eigenvalue weighted by molar-refractivity contribution is 0.471. The number of aromatic hydroxyl groups is 1. The Kier molecular flexibility index (Phi) is 4.03. The van der Waals surface area contributed by atoms with Gasteiger partial charge in [-0.05, 0) is 52.3 Å². The van der Waals surface area contributed by atoms with E-state index in [-0.39, 0.29) is 5.75 Å². The first-order chi connectivity index (χ1) is 10.1. The van der Waals surface area contributed by atoms with Crippen LogP contribution in [-0.4, -0.2) is 16.3 Å². The highest BCUT2D eigenvalue weighted by atomic mass is 79.9. The smallest absolute Gasteiger partial charge is 0.138 e. The van der Waals surface area contributed by atoms with E-state index in [1.807, 2.05) is 36.4 Å². The number of aromatic nitrogens is 1. The van der Waals surface area contributed by atoms with Crippen LogP contribution >= 0.6 is 31.9 Å². The molecule has 0 saturated carbocycles. The zero-order valence-corrected chi connectivity index (χ0v) is 14.0. The first-order valence-electron chi connectivity index (χ1n) is 6.20. The first-order valence-corrected chi connectivity index (χ1v) is 7.79. The van der Waals surface area contributed by atoms with Gasteiger partial charge in [-0.3, -0.25) is 9.98 Å². The topological polar surface area (TPSA) is 45.5 Å². The second-order valence-corrected chi connectivity index (χ2v) is 6.23. The molecule has 1 aromatic heterocycles. The summed E-state index contributed by atoms with van der Waals surface area (Å²) in [6.45, 7) is 0. The lowest BCUT2D eigenvalue weighted by Gasteiger charge is -2.03. The van der Waals surface area contributed by atoms with E-state index in [0.29, 0.717) is 10.0 Å². The summed E-state index contributed by atoms with van der Waals surface area (Å²) >= 11 is 6.70. The Hall–Kier alpha value is -1.72. The molecule has 0 aliphatic heterocycles. The van der Waals surface area contributed by atoms with Crippen molar-refractivity contribution in [3.8, 4) is 5.75 Å². The largest absolute Gasteiger partial charge is 0.506 e. The molecular formula is C16H10Br2N2O. The number of halogens is 2. The van der Waals surface area contributed by atoms with Gasteiger partial charge in [0.2, 0.25) is 0 Å². The highest BCUT2D eigenvalue weighted by Gasteiger charge is 2.05. The molecule has 0 aliphatic carbocycles. The fraction of sp³-hybridized carbons (Fsp3) is 0. The van der Waals surface area contributed by atoms with Gasteiger partial charge < -0.3 is 5.11 Å². The highest BCUT2D eigenvalue weighted by Crippen LogP contribution is 2.31. The van der Waals surface area contributed by atoms with E-state index in [2.05, 4.69) is 41.8 Å². The molecule has 0 amide bonds. The summed E-state index contributed by atoms with van der Waals surface area (Å²) in [6.07, 6.45) is 3.41. The Balaban J connectivity index is 1.98. The van der Waals surface area contributed by atoms with Crippen molar-refractivity contribution < 1.29 is 5.11 Å². The maximum Gasteiger partial charge on any atom is 0.138 e. The van der Waals surface area contributed by atoms with Crippen LogP contribution in [-0.2, 0) is 0 Å². The van der Waals surface area contributed by atoms with Gasteiger partial charge in [-0.2, -0.15) is 0 Å². The van der Waals surface area contributed by atoms with E-state index in [0.717, 1.165) is 21.1 Å². The van der Waals surface area contributed by atoms with E-state index in [9.17, 15) is 5.11 Å². The number of phenols is 1. The Morgan fingerprint density at radius 2 is 1.95 bits per heavy atom. The zero-order chi connectivity index (χ0) is 14.8. The molecule has 21 heavy (non-hydrogen) atoms. The molecule has 1 heterocycles. The molecular weight excluding hydrogens is 396 g/mol. The van der Waals surface area contributed by atoms with Crippen LogP contribution in [0.3, 0.4) is 0 Å². The summed E-state index contributed by atoms with van der Waals surface area (Å²) in [5.41, 5.74) is 2.39. The summed E-state index contributed by atoms with van der Waals surface area (Å²) in [4.78, 5) is 8.69. The van der Waals surface area contributed by atoms with Crippen LogP contribution in [0.1, 0.15) is 5.56 Å². The molecule has 0 saturated heterocycles. The number of hydrogen-bond donors (Lipinski definition) is 1. The number of nitrogens with zero attached hydrogens (tertiary/aromatic N) is 2. The minimum atomic E-state index is 0.171.